The van der Waals surface area contributed by atoms with E-state index in [0.717, 1.165) is 19.5 Å². The Balaban J connectivity index is 0.00000256. The van der Waals surface area contributed by atoms with Crippen molar-refractivity contribution in [3.63, 3.8) is 0 Å². The molecule has 1 aromatic heterocycles. The predicted octanol–water partition coefficient (Wildman–Crippen LogP) is 4.10. The van der Waals surface area contributed by atoms with Crippen molar-refractivity contribution in [1.29, 1.82) is 0 Å². The van der Waals surface area contributed by atoms with Gasteiger partial charge in [0.25, 0.3) is 5.01 Å². The van der Waals surface area contributed by atoms with Gasteiger partial charge in [0.2, 0.25) is 5.52 Å². The van der Waals surface area contributed by atoms with E-state index in [4.69, 9.17) is 0 Å². The van der Waals surface area contributed by atoms with Gasteiger partial charge in [-0.05, 0) is 75.1 Å². The molecule has 0 saturated carbocycles. The minimum Gasteiger partial charge on any atom is -1.00 e. The van der Waals surface area contributed by atoms with E-state index in [9.17, 15) is 0 Å². The zero-order chi connectivity index (χ0) is 20.5. The first-order valence-electron chi connectivity index (χ1n) is 10.4. The molecular weight excluding hydrogens is 519 g/mol. The first-order chi connectivity index (χ1) is 14.0. The monoisotopic (exact) mass is 548 g/mol. The molecule has 2 heterocycles. The molecule has 158 valence electrons. The molecular formula is C25H29IN2S2. The summed E-state index contributed by atoms with van der Waals surface area (Å²) in [5.74, 6) is 0. The van der Waals surface area contributed by atoms with Crippen LogP contribution in [0.4, 0.5) is 5.69 Å². The van der Waals surface area contributed by atoms with Crippen molar-refractivity contribution in [3.8, 4) is 0 Å². The average Bonchev–Trinajstić information content (AvgIpc) is 3.23. The molecule has 0 unspecified atom stereocenters. The van der Waals surface area contributed by atoms with Gasteiger partial charge in [0.1, 0.15) is 11.2 Å². The van der Waals surface area contributed by atoms with E-state index >= 15 is 0 Å². The Kier molecular flexibility index (Phi) is 7.69. The minimum atomic E-state index is 0. The van der Waals surface area contributed by atoms with Gasteiger partial charge in [-0.15, -0.1) is 0 Å². The van der Waals surface area contributed by atoms with Gasteiger partial charge < -0.3 is 28.9 Å². The van der Waals surface area contributed by atoms with Crippen LogP contribution in [0.25, 0.3) is 16.3 Å². The lowest BCUT2D eigenvalue weighted by atomic mass is 10.1. The van der Waals surface area contributed by atoms with E-state index < -0.39 is 0 Å². The molecule has 0 amide bonds. The van der Waals surface area contributed by atoms with Crippen molar-refractivity contribution in [2.24, 2.45) is 0 Å². The highest BCUT2D eigenvalue weighted by atomic mass is 127. The first kappa shape index (κ1) is 23.4. The fourth-order valence-corrected chi connectivity index (χ4v) is 6.22. The van der Waals surface area contributed by atoms with Crippen molar-refractivity contribution in [2.45, 2.75) is 52.5 Å². The Morgan fingerprint density at radius 1 is 1.03 bits per heavy atom. The number of anilines is 1. The van der Waals surface area contributed by atoms with Crippen LogP contribution in [0, 0.1) is 13.8 Å². The van der Waals surface area contributed by atoms with Crippen LogP contribution < -0.4 is 33.4 Å². The number of hydrogen-bond acceptors (Lipinski definition) is 3. The third-order valence-electron chi connectivity index (χ3n) is 5.43. The van der Waals surface area contributed by atoms with Gasteiger partial charge in [-0.25, -0.2) is 0 Å². The highest BCUT2D eigenvalue weighted by Crippen LogP contribution is 2.46. The van der Waals surface area contributed by atoms with Crippen LogP contribution in [0.5, 0.6) is 0 Å². The molecule has 0 spiro atoms. The SMILES string of the molecule is CCC(/C=C1\Sc2ccc(C)cc2N1CC)=C\c1sc2ccc(C)cc2[n+]1CC.[I-]. The minimum absolute atomic E-state index is 0. The second-order valence-electron chi connectivity index (χ2n) is 7.53. The summed E-state index contributed by atoms with van der Waals surface area (Å²) >= 11 is 3.78. The van der Waals surface area contributed by atoms with Crippen molar-refractivity contribution in [1.82, 2.24) is 0 Å². The molecule has 0 N–H and O–H groups in total. The van der Waals surface area contributed by atoms with Crippen LogP contribution in [0.3, 0.4) is 0 Å². The number of nitrogens with zero attached hydrogens (tertiary/aromatic N) is 2. The second-order valence-corrected chi connectivity index (χ2v) is 9.65. The Labute approximate surface area is 205 Å². The summed E-state index contributed by atoms with van der Waals surface area (Å²) in [6.45, 7) is 13.0. The maximum atomic E-state index is 2.44. The fraction of sp³-hybridized carbons (Fsp3) is 0.320. The van der Waals surface area contributed by atoms with E-state index in [1.54, 1.807) is 0 Å². The molecule has 4 rings (SSSR count). The highest BCUT2D eigenvalue weighted by molar-refractivity contribution is 8.03. The molecule has 2 aromatic carbocycles. The van der Waals surface area contributed by atoms with E-state index in [0.29, 0.717) is 0 Å². The number of allylic oxidation sites excluding steroid dienone is 2. The van der Waals surface area contributed by atoms with Crippen LogP contribution in [0.2, 0.25) is 0 Å². The zero-order valence-corrected chi connectivity index (χ0v) is 22.1. The lowest BCUT2D eigenvalue weighted by Crippen LogP contribution is -3.00. The van der Waals surface area contributed by atoms with Gasteiger partial charge in [0.05, 0.1) is 10.7 Å². The summed E-state index contributed by atoms with van der Waals surface area (Å²) < 4.78 is 3.80. The normalized spacial score (nSPS) is 15.0. The molecule has 1 aliphatic rings. The van der Waals surface area contributed by atoms with Crippen molar-refractivity contribution < 1.29 is 28.5 Å². The van der Waals surface area contributed by atoms with Crippen LogP contribution in [-0.2, 0) is 6.54 Å². The van der Waals surface area contributed by atoms with Gasteiger partial charge in [-0.2, -0.15) is 4.57 Å². The van der Waals surface area contributed by atoms with Crippen LogP contribution in [0.15, 0.2) is 58.0 Å². The molecule has 2 nitrogen and oxygen atoms in total. The third kappa shape index (κ3) is 4.48. The maximum Gasteiger partial charge on any atom is 0.263 e. The number of aryl methyl sites for hydroxylation is 3. The summed E-state index contributed by atoms with van der Waals surface area (Å²) in [5.41, 5.74) is 6.71. The molecule has 0 atom stereocenters. The molecule has 0 saturated heterocycles. The Morgan fingerprint density at radius 3 is 2.47 bits per heavy atom. The lowest BCUT2D eigenvalue weighted by molar-refractivity contribution is -0.665. The van der Waals surface area contributed by atoms with Crippen molar-refractivity contribution in [3.05, 3.63) is 69.2 Å². The summed E-state index contributed by atoms with van der Waals surface area (Å²) in [5, 5.41) is 2.67. The number of aromatic nitrogens is 1. The van der Waals surface area contributed by atoms with Crippen molar-refractivity contribution >= 4 is 45.1 Å². The van der Waals surface area contributed by atoms with E-state index in [2.05, 4.69) is 92.6 Å². The smallest absolute Gasteiger partial charge is 0.263 e. The molecule has 0 aliphatic carbocycles. The summed E-state index contributed by atoms with van der Waals surface area (Å²) in [7, 11) is 0. The number of hydrogen-bond donors (Lipinski definition) is 0. The maximum absolute atomic E-state index is 2.44. The molecule has 0 radical (unpaired) electrons. The van der Waals surface area contributed by atoms with E-state index in [1.165, 1.54) is 47.5 Å². The predicted molar refractivity (Wildman–Crippen MR) is 129 cm³/mol. The van der Waals surface area contributed by atoms with Gasteiger partial charge in [0, 0.05) is 23.6 Å². The zero-order valence-electron chi connectivity index (χ0n) is 18.3. The van der Waals surface area contributed by atoms with Gasteiger partial charge in [-0.1, -0.05) is 42.2 Å². The molecule has 0 bridgehead atoms. The Morgan fingerprint density at radius 2 is 1.77 bits per heavy atom. The number of benzene rings is 2. The summed E-state index contributed by atoms with van der Waals surface area (Å²) in [4.78, 5) is 3.80. The molecule has 5 heteroatoms. The first-order valence-corrected chi connectivity index (χ1v) is 12.1. The Bertz CT molecular complexity index is 1130. The topological polar surface area (TPSA) is 7.12 Å². The van der Waals surface area contributed by atoms with Crippen LogP contribution >= 0.6 is 23.1 Å². The van der Waals surface area contributed by atoms with Crippen LogP contribution in [0.1, 0.15) is 43.3 Å². The number of thioether (sulfide) groups is 1. The molecule has 3 aromatic rings. The second kappa shape index (κ2) is 9.88. The summed E-state index contributed by atoms with van der Waals surface area (Å²) in [6, 6.07) is 13.6. The number of halogens is 1. The number of thiazole rings is 1. The largest absolute Gasteiger partial charge is 1.00 e. The fourth-order valence-electron chi connectivity index (χ4n) is 3.85. The highest BCUT2D eigenvalue weighted by Gasteiger charge is 2.24. The quantitative estimate of drug-likeness (QED) is 0.350. The average molecular weight is 549 g/mol. The molecule has 1 aliphatic heterocycles. The molecule has 30 heavy (non-hydrogen) atoms. The van der Waals surface area contributed by atoms with Crippen LogP contribution in [-0.4, -0.2) is 6.54 Å². The van der Waals surface area contributed by atoms with Gasteiger partial charge in [0.15, 0.2) is 0 Å². The van der Waals surface area contributed by atoms with E-state index in [-0.39, 0.29) is 24.0 Å². The number of rotatable bonds is 5. The number of fused-ring (bicyclic) bond motifs is 2. The third-order valence-corrected chi connectivity index (χ3v) is 7.66. The lowest BCUT2D eigenvalue weighted by Gasteiger charge is -2.18. The van der Waals surface area contributed by atoms with E-state index in [1.807, 2.05) is 23.1 Å². The van der Waals surface area contributed by atoms with Gasteiger partial charge >= 0.3 is 0 Å². The Hall–Kier alpha value is -1.31. The molecule has 0 fully saturated rings. The van der Waals surface area contributed by atoms with Gasteiger partial charge in [-0.3, -0.25) is 0 Å². The summed E-state index contributed by atoms with van der Waals surface area (Å²) in [6.07, 6.45) is 5.80. The standard InChI is InChI=1S/C25H29N2S2.HI/c1-6-19(15-24-26(7-2)20-13-17(4)9-11-22(20)28-24)16-25-27(8-3)21-14-18(5)10-12-23(21)29-25;/h9-16H,6-8H2,1-5H3;1H/q+1;/p-1. The van der Waals surface area contributed by atoms with Crippen molar-refractivity contribution in [2.75, 3.05) is 11.4 Å².